The molecule has 2 aromatic heterocycles. The van der Waals surface area contributed by atoms with Crippen LogP contribution in [0.5, 0.6) is 0 Å². The molecule has 72 valence electrons. The Hall–Kier alpha value is -1.82. The maximum absolute atomic E-state index is 4.01. The van der Waals surface area contributed by atoms with Crippen molar-refractivity contribution in [2.75, 3.05) is 0 Å². The van der Waals surface area contributed by atoms with Gasteiger partial charge in [-0.05, 0) is 11.6 Å². The van der Waals surface area contributed by atoms with Crippen molar-refractivity contribution in [1.82, 2.24) is 30.9 Å². The lowest BCUT2D eigenvalue weighted by molar-refractivity contribution is 0.662. The van der Waals surface area contributed by atoms with E-state index in [1.807, 2.05) is 18.3 Å². The average Bonchev–Trinajstić information content (AvgIpc) is 2.72. The fourth-order valence-corrected chi connectivity index (χ4v) is 1.08. The van der Waals surface area contributed by atoms with E-state index in [0.717, 1.165) is 12.1 Å². The number of nitrogens with zero attached hydrogens (tertiary/aromatic N) is 4. The van der Waals surface area contributed by atoms with Crippen LogP contribution in [0, 0.1) is 0 Å². The highest BCUT2D eigenvalue weighted by molar-refractivity contribution is 5.07. The Morgan fingerprint density at radius 2 is 2.36 bits per heavy atom. The molecular weight excluding hydrogens is 180 g/mol. The van der Waals surface area contributed by atoms with Crippen LogP contribution in [0.15, 0.2) is 24.5 Å². The van der Waals surface area contributed by atoms with E-state index in [1.165, 1.54) is 0 Å². The Balaban J connectivity index is 1.79. The Morgan fingerprint density at radius 1 is 1.36 bits per heavy atom. The van der Waals surface area contributed by atoms with Crippen LogP contribution in [-0.2, 0) is 13.1 Å². The highest BCUT2D eigenvalue weighted by atomic mass is 15.5. The van der Waals surface area contributed by atoms with Crippen molar-refractivity contribution < 1.29 is 0 Å². The van der Waals surface area contributed by atoms with Crippen LogP contribution in [0.1, 0.15) is 11.4 Å². The summed E-state index contributed by atoms with van der Waals surface area (Å²) in [6.07, 6.45) is 3.58. The number of H-pyrrole nitrogens is 1. The minimum atomic E-state index is 0.603. The van der Waals surface area contributed by atoms with Gasteiger partial charge < -0.3 is 5.32 Å². The van der Waals surface area contributed by atoms with Crippen molar-refractivity contribution in [2.45, 2.75) is 13.1 Å². The van der Waals surface area contributed by atoms with Gasteiger partial charge in [-0.25, -0.2) is 0 Å². The van der Waals surface area contributed by atoms with Gasteiger partial charge >= 0.3 is 0 Å². The lowest BCUT2D eigenvalue weighted by Gasteiger charge is -2.00. The molecule has 0 aliphatic heterocycles. The standard InChI is InChI=1S/C8H10N6/c1-2-7(4-9-3-1)5-10-6-8-11-13-14-12-8/h1-4,10H,5-6H2,(H,11,12,13,14). The summed E-state index contributed by atoms with van der Waals surface area (Å²) in [5, 5.41) is 16.7. The zero-order valence-corrected chi connectivity index (χ0v) is 7.51. The summed E-state index contributed by atoms with van der Waals surface area (Å²) < 4.78 is 0. The first-order chi connectivity index (χ1) is 6.95. The number of aromatic amines is 1. The van der Waals surface area contributed by atoms with Gasteiger partial charge in [0, 0.05) is 18.9 Å². The molecule has 0 bridgehead atoms. The zero-order valence-electron chi connectivity index (χ0n) is 7.51. The molecule has 0 amide bonds. The van der Waals surface area contributed by atoms with Crippen molar-refractivity contribution >= 4 is 0 Å². The van der Waals surface area contributed by atoms with Crippen LogP contribution in [0.25, 0.3) is 0 Å². The minimum absolute atomic E-state index is 0.603. The second-order valence-corrected chi connectivity index (χ2v) is 2.79. The summed E-state index contributed by atoms with van der Waals surface area (Å²) in [6, 6.07) is 3.92. The zero-order chi connectivity index (χ0) is 9.64. The number of hydrogen-bond acceptors (Lipinski definition) is 5. The molecule has 0 saturated heterocycles. The normalized spacial score (nSPS) is 10.3. The summed E-state index contributed by atoms with van der Waals surface area (Å²) in [5.74, 6) is 0.661. The second-order valence-electron chi connectivity index (χ2n) is 2.79. The third kappa shape index (κ3) is 2.33. The Labute approximate surface area is 80.8 Å². The van der Waals surface area contributed by atoms with Gasteiger partial charge in [-0.2, -0.15) is 5.21 Å². The molecule has 14 heavy (non-hydrogen) atoms. The minimum Gasteiger partial charge on any atom is -0.306 e. The predicted molar refractivity (Wildman–Crippen MR) is 49.0 cm³/mol. The van der Waals surface area contributed by atoms with Crippen molar-refractivity contribution in [2.24, 2.45) is 0 Å². The molecule has 0 aliphatic carbocycles. The van der Waals surface area contributed by atoms with Gasteiger partial charge in [0.1, 0.15) is 0 Å². The molecule has 0 radical (unpaired) electrons. The van der Waals surface area contributed by atoms with Crippen LogP contribution in [0.3, 0.4) is 0 Å². The maximum Gasteiger partial charge on any atom is 0.188 e. The monoisotopic (exact) mass is 190 g/mol. The van der Waals surface area contributed by atoms with Gasteiger partial charge in [0.2, 0.25) is 0 Å². The van der Waals surface area contributed by atoms with Crippen molar-refractivity contribution in [1.29, 1.82) is 0 Å². The molecule has 2 aromatic rings. The summed E-state index contributed by atoms with van der Waals surface area (Å²) in [4.78, 5) is 4.01. The maximum atomic E-state index is 4.01. The number of pyridine rings is 1. The van der Waals surface area contributed by atoms with E-state index in [0.29, 0.717) is 12.4 Å². The number of hydrogen-bond donors (Lipinski definition) is 2. The number of tetrazole rings is 1. The van der Waals surface area contributed by atoms with E-state index in [2.05, 4.69) is 30.9 Å². The second kappa shape index (κ2) is 4.43. The lowest BCUT2D eigenvalue weighted by atomic mass is 10.3. The SMILES string of the molecule is c1cncc(CNCc2nn[nH]n2)c1. The molecule has 6 nitrogen and oxygen atoms in total. The topological polar surface area (TPSA) is 79.4 Å². The summed E-state index contributed by atoms with van der Waals surface area (Å²) in [6.45, 7) is 1.35. The van der Waals surface area contributed by atoms with Gasteiger partial charge in [-0.1, -0.05) is 11.3 Å². The molecule has 2 rings (SSSR count). The molecule has 2 N–H and O–H groups in total. The first-order valence-corrected chi connectivity index (χ1v) is 4.27. The van der Waals surface area contributed by atoms with Crippen LogP contribution < -0.4 is 5.32 Å². The van der Waals surface area contributed by atoms with E-state index >= 15 is 0 Å². The average molecular weight is 190 g/mol. The lowest BCUT2D eigenvalue weighted by Crippen LogP contribution is -2.13. The molecule has 0 fully saturated rings. The van der Waals surface area contributed by atoms with Crippen molar-refractivity contribution in [3.8, 4) is 0 Å². The molecule has 6 heteroatoms. The molecule has 0 spiro atoms. The first kappa shape index (κ1) is 8.76. The Morgan fingerprint density at radius 3 is 3.07 bits per heavy atom. The van der Waals surface area contributed by atoms with Crippen LogP contribution in [0.4, 0.5) is 0 Å². The van der Waals surface area contributed by atoms with Gasteiger partial charge in [-0.15, -0.1) is 10.2 Å². The summed E-state index contributed by atoms with van der Waals surface area (Å²) >= 11 is 0. The van der Waals surface area contributed by atoms with Crippen molar-refractivity contribution in [3.63, 3.8) is 0 Å². The molecule has 0 atom stereocenters. The van der Waals surface area contributed by atoms with E-state index < -0.39 is 0 Å². The largest absolute Gasteiger partial charge is 0.306 e. The number of aromatic nitrogens is 5. The molecular formula is C8H10N6. The fourth-order valence-electron chi connectivity index (χ4n) is 1.08. The van der Waals surface area contributed by atoms with Crippen molar-refractivity contribution in [3.05, 3.63) is 35.9 Å². The summed E-state index contributed by atoms with van der Waals surface area (Å²) in [5.41, 5.74) is 1.14. The smallest absolute Gasteiger partial charge is 0.188 e. The van der Waals surface area contributed by atoms with Gasteiger partial charge in [0.05, 0.1) is 6.54 Å². The Bertz CT molecular complexity index is 357. The van der Waals surface area contributed by atoms with Gasteiger partial charge in [0.15, 0.2) is 5.82 Å². The Kier molecular flexibility index (Phi) is 2.77. The van der Waals surface area contributed by atoms with E-state index in [9.17, 15) is 0 Å². The highest BCUT2D eigenvalue weighted by Crippen LogP contribution is 1.94. The highest BCUT2D eigenvalue weighted by Gasteiger charge is 1.96. The third-order valence-corrected chi connectivity index (χ3v) is 1.72. The summed E-state index contributed by atoms with van der Waals surface area (Å²) in [7, 11) is 0. The van der Waals surface area contributed by atoms with Gasteiger partial charge in [-0.3, -0.25) is 4.98 Å². The fraction of sp³-hybridized carbons (Fsp3) is 0.250. The third-order valence-electron chi connectivity index (χ3n) is 1.72. The molecule has 0 aromatic carbocycles. The molecule has 0 saturated carbocycles. The van der Waals surface area contributed by atoms with Crippen LogP contribution in [0.2, 0.25) is 0 Å². The van der Waals surface area contributed by atoms with Gasteiger partial charge in [0.25, 0.3) is 0 Å². The molecule has 0 aliphatic rings. The van der Waals surface area contributed by atoms with E-state index in [-0.39, 0.29) is 0 Å². The quantitative estimate of drug-likeness (QED) is 0.703. The number of rotatable bonds is 4. The predicted octanol–water partition coefficient (Wildman–Crippen LogP) is -0.116. The van der Waals surface area contributed by atoms with E-state index in [1.54, 1.807) is 6.20 Å². The van der Waals surface area contributed by atoms with Crippen LogP contribution in [-0.4, -0.2) is 25.6 Å². The molecule has 2 heterocycles. The molecule has 0 unspecified atom stereocenters. The first-order valence-electron chi connectivity index (χ1n) is 4.27. The van der Waals surface area contributed by atoms with E-state index in [4.69, 9.17) is 0 Å². The van der Waals surface area contributed by atoms with Crippen LogP contribution >= 0.6 is 0 Å². The number of nitrogens with one attached hydrogen (secondary N) is 2.